The van der Waals surface area contributed by atoms with Crippen molar-refractivity contribution in [2.24, 2.45) is 0 Å². The summed E-state index contributed by atoms with van der Waals surface area (Å²) in [6.07, 6.45) is 0.364. The average molecular weight is 122 g/mol. The van der Waals surface area contributed by atoms with E-state index in [1.54, 1.807) is 6.07 Å². The second-order valence-corrected chi connectivity index (χ2v) is 2.03. The number of benzene rings is 1. The van der Waals surface area contributed by atoms with Gasteiger partial charge in [0.2, 0.25) is 0 Å². The molecule has 0 fully saturated rings. The number of fused-ring (bicyclic) bond motifs is 1. The number of para-hydroxylation sites is 1. The van der Waals surface area contributed by atoms with Crippen LogP contribution in [0.15, 0.2) is 24.3 Å². The Morgan fingerprint density at radius 3 is 3.22 bits per heavy atom. The molecule has 0 radical (unpaired) electrons. The van der Waals surface area contributed by atoms with Crippen LogP contribution in [0.1, 0.15) is 8.30 Å². The Hall–Kier alpha value is -0.980. The normalized spacial score (nSPS) is 23.6. The Bertz CT molecular complexity index is 256. The maximum Gasteiger partial charge on any atom is 0.122 e. The van der Waals surface area contributed by atoms with Crippen molar-refractivity contribution >= 4 is 0 Å². The number of ether oxygens (including phenoxy) is 1. The van der Waals surface area contributed by atoms with Crippen LogP contribution in [0.2, 0.25) is 0 Å². The highest BCUT2D eigenvalue weighted by atomic mass is 16.5. The highest BCUT2D eigenvalue weighted by Crippen LogP contribution is 2.23. The van der Waals surface area contributed by atoms with Gasteiger partial charge in [-0.05, 0) is 11.6 Å². The molecule has 1 aromatic rings. The minimum Gasteiger partial charge on any atom is -0.493 e. The molecule has 1 aliphatic heterocycles. The molecular weight excluding hydrogens is 112 g/mol. The molecule has 0 N–H and O–H groups in total. The molecule has 1 heteroatoms. The van der Waals surface area contributed by atoms with Crippen molar-refractivity contribution in [1.29, 1.82) is 0 Å². The first-order chi connectivity index (χ1) is 5.17. The van der Waals surface area contributed by atoms with E-state index in [2.05, 4.69) is 0 Å². The van der Waals surface area contributed by atoms with Gasteiger partial charge in [-0.15, -0.1) is 0 Å². The number of aryl methyl sites for hydroxylation is 1. The molecule has 0 saturated heterocycles. The average Bonchev–Trinajstić information content (AvgIpc) is 2.21. The lowest BCUT2D eigenvalue weighted by atomic mass is 10.2. The molecule has 0 spiro atoms. The Balaban J connectivity index is 2.41. The Morgan fingerprint density at radius 2 is 2.33 bits per heavy atom. The molecule has 0 bridgehead atoms. The zero-order valence-electron chi connectivity index (χ0n) is 6.92. The fourth-order valence-corrected chi connectivity index (χ4v) is 0.941. The number of hydrogen-bond acceptors (Lipinski definition) is 1. The first-order valence-corrected chi connectivity index (χ1v) is 2.94. The topological polar surface area (TPSA) is 9.23 Å². The van der Waals surface area contributed by atoms with E-state index in [0.717, 1.165) is 5.56 Å². The molecule has 0 atom stereocenters. The molecule has 0 saturated carbocycles. The van der Waals surface area contributed by atoms with E-state index in [0.29, 0.717) is 12.2 Å². The molecule has 1 aliphatic rings. The van der Waals surface area contributed by atoms with E-state index in [-0.39, 0.29) is 0 Å². The third-order valence-electron chi connectivity index (χ3n) is 1.42. The molecule has 0 amide bonds. The van der Waals surface area contributed by atoms with Gasteiger partial charge in [0, 0.05) is 6.42 Å². The molecular formula is C8H8O. The van der Waals surface area contributed by atoms with Crippen LogP contribution in [0.3, 0.4) is 0 Å². The smallest absolute Gasteiger partial charge is 0.122 e. The second kappa shape index (κ2) is 1.76. The predicted molar refractivity (Wildman–Crippen MR) is 35.6 cm³/mol. The summed E-state index contributed by atoms with van der Waals surface area (Å²) in [5, 5.41) is 0. The van der Waals surface area contributed by atoms with Gasteiger partial charge in [-0.25, -0.2) is 0 Å². The van der Waals surface area contributed by atoms with Crippen LogP contribution in [-0.2, 0) is 6.42 Å². The van der Waals surface area contributed by atoms with Gasteiger partial charge < -0.3 is 4.74 Å². The third-order valence-corrected chi connectivity index (χ3v) is 1.42. The number of hydrogen-bond donors (Lipinski definition) is 0. The summed E-state index contributed by atoms with van der Waals surface area (Å²) < 4.78 is 19.7. The molecule has 1 heterocycles. The summed E-state index contributed by atoms with van der Waals surface area (Å²) in [4.78, 5) is 0. The van der Waals surface area contributed by atoms with Crippen molar-refractivity contribution < 1.29 is 7.48 Å². The quantitative estimate of drug-likeness (QED) is 0.508. The molecule has 0 unspecified atom stereocenters. The maximum atomic E-state index is 7.32. The molecule has 0 aliphatic carbocycles. The van der Waals surface area contributed by atoms with Crippen LogP contribution in [0.25, 0.3) is 0 Å². The monoisotopic (exact) mass is 122 g/mol. The summed E-state index contributed by atoms with van der Waals surface area (Å²) >= 11 is 0. The molecule has 2 rings (SSSR count). The fourth-order valence-electron chi connectivity index (χ4n) is 0.941. The fraction of sp³-hybridized carbons (Fsp3) is 0.250. The van der Waals surface area contributed by atoms with Crippen molar-refractivity contribution in [2.45, 2.75) is 6.42 Å². The maximum absolute atomic E-state index is 7.32. The lowest BCUT2D eigenvalue weighted by molar-refractivity contribution is 0.357. The van der Waals surface area contributed by atoms with E-state index in [1.807, 2.05) is 18.2 Å². The van der Waals surface area contributed by atoms with Crippen molar-refractivity contribution in [3.63, 3.8) is 0 Å². The van der Waals surface area contributed by atoms with Gasteiger partial charge in [-0.3, -0.25) is 0 Å². The van der Waals surface area contributed by atoms with Crippen LogP contribution < -0.4 is 4.74 Å². The van der Waals surface area contributed by atoms with Crippen LogP contribution >= 0.6 is 0 Å². The zero-order valence-corrected chi connectivity index (χ0v) is 4.92. The summed E-state index contributed by atoms with van der Waals surface area (Å²) in [5.41, 5.74) is 0.956. The largest absolute Gasteiger partial charge is 0.493 e. The Labute approximate surface area is 57.1 Å². The van der Waals surface area contributed by atoms with E-state index in [4.69, 9.17) is 7.48 Å². The summed E-state index contributed by atoms with van der Waals surface area (Å²) in [6.45, 7) is -1.50. The summed E-state index contributed by atoms with van der Waals surface area (Å²) in [6, 6.07) is 7.42. The van der Waals surface area contributed by atoms with E-state index >= 15 is 0 Å². The van der Waals surface area contributed by atoms with Crippen LogP contribution in [0.4, 0.5) is 0 Å². The first kappa shape index (κ1) is 3.25. The van der Waals surface area contributed by atoms with E-state index in [9.17, 15) is 0 Å². The van der Waals surface area contributed by atoms with Gasteiger partial charge in [0.15, 0.2) is 0 Å². The van der Waals surface area contributed by atoms with Gasteiger partial charge in [0.05, 0.1) is 9.30 Å². The van der Waals surface area contributed by atoms with Crippen molar-refractivity contribution in [3.8, 4) is 5.75 Å². The summed E-state index contributed by atoms with van der Waals surface area (Å²) in [5.74, 6) is 0.678. The van der Waals surface area contributed by atoms with E-state index in [1.165, 1.54) is 0 Å². The van der Waals surface area contributed by atoms with Gasteiger partial charge in [0.25, 0.3) is 0 Å². The van der Waals surface area contributed by atoms with Gasteiger partial charge >= 0.3 is 0 Å². The van der Waals surface area contributed by atoms with Crippen molar-refractivity contribution in [1.82, 2.24) is 0 Å². The number of rotatable bonds is 0. The molecule has 1 nitrogen and oxygen atoms in total. The SMILES string of the molecule is [2H]C1([2H])Cc2ccccc2O1. The standard InChI is InChI=1S/C8H8O/c1-2-4-8-7(3-1)5-6-9-8/h1-4H,5-6H2/i6D2. The molecule has 9 heavy (non-hydrogen) atoms. The second-order valence-electron chi connectivity index (χ2n) is 2.03. The van der Waals surface area contributed by atoms with Crippen LogP contribution in [0, 0.1) is 0 Å². The highest BCUT2D eigenvalue weighted by molar-refractivity contribution is 5.35. The Kier molecular flexibility index (Phi) is 0.637. The van der Waals surface area contributed by atoms with Crippen molar-refractivity contribution in [3.05, 3.63) is 29.8 Å². The summed E-state index contributed by atoms with van der Waals surface area (Å²) in [7, 11) is 0. The minimum absolute atomic E-state index is 0.364. The zero-order chi connectivity index (χ0) is 7.90. The van der Waals surface area contributed by atoms with Gasteiger partial charge in [0.1, 0.15) is 5.75 Å². The minimum atomic E-state index is -1.50. The van der Waals surface area contributed by atoms with Crippen molar-refractivity contribution in [2.75, 3.05) is 6.56 Å². The lowest BCUT2D eigenvalue weighted by Crippen LogP contribution is -1.85. The van der Waals surface area contributed by atoms with Crippen LogP contribution in [0.5, 0.6) is 5.75 Å². The Morgan fingerprint density at radius 1 is 1.44 bits per heavy atom. The molecule has 0 aromatic heterocycles. The first-order valence-electron chi connectivity index (χ1n) is 3.94. The third kappa shape index (κ3) is 0.689. The highest BCUT2D eigenvalue weighted by Gasteiger charge is 2.08. The molecule has 46 valence electrons. The van der Waals surface area contributed by atoms with Gasteiger partial charge in [-0.1, -0.05) is 18.2 Å². The predicted octanol–water partition coefficient (Wildman–Crippen LogP) is 1.62. The van der Waals surface area contributed by atoms with E-state index < -0.39 is 6.56 Å². The van der Waals surface area contributed by atoms with Gasteiger partial charge in [-0.2, -0.15) is 0 Å². The molecule has 1 aromatic carbocycles. The van der Waals surface area contributed by atoms with Crippen LogP contribution in [-0.4, -0.2) is 6.56 Å². The lowest BCUT2D eigenvalue weighted by Gasteiger charge is -1.93.